The van der Waals surface area contributed by atoms with Gasteiger partial charge in [0, 0.05) is 50.3 Å². The molecule has 3 aliphatic heterocycles. The van der Waals surface area contributed by atoms with E-state index < -0.39 is 0 Å². The fraction of sp³-hybridized carbons (Fsp3) is 1.00. The van der Waals surface area contributed by atoms with Crippen LogP contribution in [0, 0.1) is 0 Å². The summed E-state index contributed by atoms with van der Waals surface area (Å²) >= 11 is 0. The number of fused-ring (bicyclic) bond motifs is 1. The quantitative estimate of drug-likeness (QED) is 0.768. The van der Waals surface area contributed by atoms with Crippen molar-refractivity contribution in [2.75, 3.05) is 45.9 Å². The summed E-state index contributed by atoms with van der Waals surface area (Å²) in [6, 6.07) is 1.45. The van der Waals surface area contributed by atoms with E-state index in [1.807, 2.05) is 0 Å². The SMILES string of the molecule is CC(C)N1CCN(C[C@@H]2CC[C@@]3(COC(C)(C)C)CCCN23)CC1. The Balaban J connectivity index is 1.53. The third kappa shape index (κ3) is 4.14. The van der Waals surface area contributed by atoms with Crippen LogP contribution < -0.4 is 0 Å². The Kier molecular flexibility index (Phi) is 5.60. The highest BCUT2D eigenvalue weighted by Gasteiger charge is 2.49. The highest BCUT2D eigenvalue weighted by molar-refractivity contribution is 5.05. The van der Waals surface area contributed by atoms with Crippen molar-refractivity contribution < 1.29 is 4.74 Å². The fourth-order valence-electron chi connectivity index (χ4n) is 4.92. The minimum absolute atomic E-state index is 0.0196. The molecule has 0 aliphatic carbocycles. The highest BCUT2D eigenvalue weighted by atomic mass is 16.5. The lowest BCUT2D eigenvalue weighted by Crippen LogP contribution is -2.54. The summed E-state index contributed by atoms with van der Waals surface area (Å²) in [5.74, 6) is 0. The molecule has 0 spiro atoms. The van der Waals surface area contributed by atoms with Crippen molar-refractivity contribution in [2.45, 2.75) is 83.5 Å². The average molecular weight is 338 g/mol. The average Bonchev–Trinajstić information content (AvgIpc) is 3.06. The van der Waals surface area contributed by atoms with Gasteiger partial charge < -0.3 is 4.74 Å². The molecule has 3 saturated heterocycles. The van der Waals surface area contributed by atoms with E-state index in [1.165, 1.54) is 65.0 Å². The van der Waals surface area contributed by atoms with Gasteiger partial charge in [0.05, 0.1) is 12.2 Å². The highest BCUT2D eigenvalue weighted by Crippen LogP contribution is 2.43. The van der Waals surface area contributed by atoms with Gasteiger partial charge in [0.2, 0.25) is 0 Å². The fourth-order valence-corrected chi connectivity index (χ4v) is 4.92. The van der Waals surface area contributed by atoms with Crippen LogP contribution in [0.3, 0.4) is 0 Å². The molecule has 0 saturated carbocycles. The van der Waals surface area contributed by atoms with Crippen molar-refractivity contribution in [1.82, 2.24) is 14.7 Å². The van der Waals surface area contributed by atoms with Crippen LogP contribution in [0.1, 0.15) is 60.3 Å². The molecule has 0 unspecified atom stereocenters. The Hall–Kier alpha value is -0.160. The first kappa shape index (κ1) is 18.6. The normalized spacial score (nSPS) is 33.5. The van der Waals surface area contributed by atoms with Gasteiger partial charge >= 0.3 is 0 Å². The summed E-state index contributed by atoms with van der Waals surface area (Å²) in [4.78, 5) is 8.15. The number of hydrogen-bond acceptors (Lipinski definition) is 4. The van der Waals surface area contributed by atoms with Crippen LogP contribution >= 0.6 is 0 Å². The number of ether oxygens (including phenoxy) is 1. The molecule has 3 rings (SSSR count). The molecule has 4 heteroatoms. The van der Waals surface area contributed by atoms with Crippen molar-refractivity contribution >= 4 is 0 Å². The Bertz CT molecular complexity index is 412. The zero-order valence-electron chi connectivity index (χ0n) is 16.7. The number of hydrogen-bond donors (Lipinski definition) is 0. The maximum Gasteiger partial charge on any atom is 0.0657 e. The molecular formula is C20H39N3O. The van der Waals surface area contributed by atoms with E-state index in [0.29, 0.717) is 11.6 Å². The van der Waals surface area contributed by atoms with E-state index in [2.05, 4.69) is 49.3 Å². The van der Waals surface area contributed by atoms with Gasteiger partial charge in [-0.1, -0.05) is 0 Å². The van der Waals surface area contributed by atoms with Crippen LogP contribution in [-0.4, -0.2) is 83.8 Å². The van der Waals surface area contributed by atoms with Gasteiger partial charge in [0.15, 0.2) is 0 Å². The first-order valence-electron chi connectivity index (χ1n) is 10.2. The molecule has 4 nitrogen and oxygen atoms in total. The Morgan fingerprint density at radius 2 is 1.75 bits per heavy atom. The van der Waals surface area contributed by atoms with Crippen LogP contribution in [0.5, 0.6) is 0 Å². The molecule has 2 atom stereocenters. The molecule has 0 radical (unpaired) electrons. The van der Waals surface area contributed by atoms with Crippen molar-refractivity contribution in [1.29, 1.82) is 0 Å². The topological polar surface area (TPSA) is 19.0 Å². The standard InChI is InChI=1S/C20H39N3O/c1-17(2)22-13-11-21(12-14-22)15-18-7-9-20(8-6-10-23(18)20)16-24-19(3,4)5/h17-18H,6-16H2,1-5H3/t18-,20+/m0/s1. The van der Waals surface area contributed by atoms with Gasteiger partial charge in [0.25, 0.3) is 0 Å². The third-order valence-electron chi connectivity index (χ3n) is 6.41. The van der Waals surface area contributed by atoms with Crippen molar-refractivity contribution in [2.24, 2.45) is 0 Å². The van der Waals surface area contributed by atoms with Gasteiger partial charge in [-0.2, -0.15) is 0 Å². The van der Waals surface area contributed by atoms with Gasteiger partial charge in [-0.15, -0.1) is 0 Å². The zero-order valence-corrected chi connectivity index (χ0v) is 16.7. The smallest absolute Gasteiger partial charge is 0.0657 e. The molecular weight excluding hydrogens is 298 g/mol. The van der Waals surface area contributed by atoms with E-state index in [4.69, 9.17) is 4.74 Å². The van der Waals surface area contributed by atoms with Crippen molar-refractivity contribution in [3.8, 4) is 0 Å². The molecule has 24 heavy (non-hydrogen) atoms. The Morgan fingerprint density at radius 3 is 2.38 bits per heavy atom. The summed E-state index contributed by atoms with van der Waals surface area (Å²) in [6.45, 7) is 19.6. The largest absolute Gasteiger partial charge is 0.374 e. The van der Waals surface area contributed by atoms with Gasteiger partial charge in [-0.25, -0.2) is 0 Å². The molecule has 0 aromatic rings. The number of nitrogens with zero attached hydrogens (tertiary/aromatic N) is 3. The van der Waals surface area contributed by atoms with Gasteiger partial charge in [-0.3, -0.25) is 14.7 Å². The third-order valence-corrected chi connectivity index (χ3v) is 6.41. The Morgan fingerprint density at radius 1 is 1.04 bits per heavy atom. The van der Waals surface area contributed by atoms with E-state index >= 15 is 0 Å². The maximum atomic E-state index is 6.23. The number of rotatable bonds is 5. The second-order valence-corrected chi connectivity index (χ2v) is 9.55. The number of piperazine rings is 1. The van der Waals surface area contributed by atoms with Crippen molar-refractivity contribution in [3.63, 3.8) is 0 Å². The summed E-state index contributed by atoms with van der Waals surface area (Å²) in [5.41, 5.74) is 0.325. The molecule has 0 bridgehead atoms. The van der Waals surface area contributed by atoms with Crippen LogP contribution in [0.15, 0.2) is 0 Å². The first-order chi connectivity index (χ1) is 11.3. The molecule has 0 N–H and O–H groups in total. The maximum absolute atomic E-state index is 6.23. The molecule has 3 fully saturated rings. The second-order valence-electron chi connectivity index (χ2n) is 9.55. The summed E-state index contributed by atoms with van der Waals surface area (Å²) in [5, 5.41) is 0. The lowest BCUT2D eigenvalue weighted by atomic mass is 9.95. The predicted molar refractivity (Wildman–Crippen MR) is 101 cm³/mol. The second kappa shape index (κ2) is 7.22. The van der Waals surface area contributed by atoms with Crippen LogP contribution in [0.25, 0.3) is 0 Å². The van der Waals surface area contributed by atoms with Crippen LogP contribution in [0.2, 0.25) is 0 Å². The van der Waals surface area contributed by atoms with Crippen molar-refractivity contribution in [3.05, 3.63) is 0 Å². The lowest BCUT2D eigenvalue weighted by Gasteiger charge is -2.41. The predicted octanol–water partition coefficient (Wildman–Crippen LogP) is 2.82. The zero-order chi connectivity index (χ0) is 17.4. The van der Waals surface area contributed by atoms with Gasteiger partial charge in [-0.05, 0) is 66.8 Å². The molecule has 0 aromatic carbocycles. The summed E-state index contributed by atoms with van der Waals surface area (Å²) in [6.07, 6.45) is 5.38. The van der Waals surface area contributed by atoms with Crippen LogP contribution in [0.4, 0.5) is 0 Å². The molecule has 3 heterocycles. The van der Waals surface area contributed by atoms with E-state index in [9.17, 15) is 0 Å². The van der Waals surface area contributed by atoms with Gasteiger partial charge in [0.1, 0.15) is 0 Å². The molecule has 3 aliphatic rings. The lowest BCUT2D eigenvalue weighted by molar-refractivity contribution is -0.0584. The summed E-state index contributed by atoms with van der Waals surface area (Å²) < 4.78 is 6.23. The van der Waals surface area contributed by atoms with E-state index in [-0.39, 0.29) is 5.60 Å². The molecule has 0 aromatic heterocycles. The van der Waals surface area contributed by atoms with E-state index in [1.54, 1.807) is 0 Å². The molecule has 0 amide bonds. The Labute approximate surface area is 149 Å². The minimum atomic E-state index is -0.0196. The molecule has 140 valence electrons. The minimum Gasteiger partial charge on any atom is -0.374 e. The summed E-state index contributed by atoms with van der Waals surface area (Å²) in [7, 11) is 0. The van der Waals surface area contributed by atoms with Crippen LogP contribution in [-0.2, 0) is 4.74 Å². The van der Waals surface area contributed by atoms with E-state index in [0.717, 1.165) is 12.6 Å². The first-order valence-corrected chi connectivity index (χ1v) is 10.2. The monoisotopic (exact) mass is 337 g/mol.